The molecule has 0 bridgehead atoms. The SMILES string of the molecule is CCOC(C)C(=O)NC1(C(=O)O)CCCCC1. The molecule has 0 aromatic heterocycles. The number of carboxylic acid groups (broad SMARTS) is 1. The number of amides is 1. The van der Waals surface area contributed by atoms with E-state index in [2.05, 4.69) is 5.32 Å². The Bertz CT molecular complexity index is 284. The summed E-state index contributed by atoms with van der Waals surface area (Å²) < 4.78 is 5.16. The van der Waals surface area contributed by atoms with E-state index in [0.717, 1.165) is 19.3 Å². The summed E-state index contributed by atoms with van der Waals surface area (Å²) in [5.74, 6) is -1.27. The molecule has 0 heterocycles. The predicted octanol–water partition coefficient (Wildman–Crippen LogP) is 1.32. The van der Waals surface area contributed by atoms with E-state index in [1.165, 1.54) is 0 Å². The monoisotopic (exact) mass is 243 g/mol. The Morgan fingerprint density at radius 1 is 1.35 bits per heavy atom. The number of nitrogens with one attached hydrogen (secondary N) is 1. The van der Waals surface area contributed by atoms with Gasteiger partial charge in [0.05, 0.1) is 0 Å². The summed E-state index contributed by atoms with van der Waals surface area (Å²) in [7, 11) is 0. The summed E-state index contributed by atoms with van der Waals surface area (Å²) in [6.45, 7) is 3.88. The number of carbonyl (C=O) groups excluding carboxylic acids is 1. The van der Waals surface area contributed by atoms with Gasteiger partial charge >= 0.3 is 5.97 Å². The second kappa shape index (κ2) is 6.00. The maximum absolute atomic E-state index is 11.8. The number of aliphatic carboxylic acids is 1. The fourth-order valence-corrected chi connectivity index (χ4v) is 2.21. The molecule has 1 rings (SSSR count). The first kappa shape index (κ1) is 14.0. The van der Waals surface area contributed by atoms with Crippen LogP contribution in [0.2, 0.25) is 0 Å². The lowest BCUT2D eigenvalue weighted by molar-refractivity contribution is -0.151. The van der Waals surface area contributed by atoms with Crippen LogP contribution in [-0.4, -0.2) is 35.2 Å². The van der Waals surface area contributed by atoms with Crippen LogP contribution < -0.4 is 5.32 Å². The minimum absolute atomic E-state index is 0.337. The molecule has 0 aromatic carbocycles. The molecule has 0 spiro atoms. The first-order valence-electron chi connectivity index (χ1n) is 6.19. The standard InChI is InChI=1S/C12H21NO4/c1-3-17-9(2)10(14)13-12(11(15)16)7-5-4-6-8-12/h9H,3-8H2,1-2H3,(H,13,14)(H,15,16). The molecule has 1 amide bonds. The molecule has 1 aliphatic rings. The van der Waals surface area contributed by atoms with Crippen LogP contribution in [0.1, 0.15) is 46.0 Å². The molecule has 1 atom stereocenters. The van der Waals surface area contributed by atoms with Gasteiger partial charge in [-0.1, -0.05) is 19.3 Å². The predicted molar refractivity (Wildman–Crippen MR) is 62.7 cm³/mol. The number of hydrogen-bond donors (Lipinski definition) is 2. The smallest absolute Gasteiger partial charge is 0.329 e. The van der Waals surface area contributed by atoms with Gasteiger partial charge in [-0.2, -0.15) is 0 Å². The minimum atomic E-state index is -1.08. The maximum atomic E-state index is 11.8. The normalized spacial score (nSPS) is 20.6. The van der Waals surface area contributed by atoms with Crippen LogP contribution in [0.15, 0.2) is 0 Å². The molecule has 0 aliphatic heterocycles. The molecule has 1 fully saturated rings. The molecule has 5 nitrogen and oxygen atoms in total. The number of ether oxygens (including phenoxy) is 1. The Kier molecular flexibility index (Phi) is 4.93. The zero-order valence-electron chi connectivity index (χ0n) is 10.5. The molecular formula is C12H21NO4. The van der Waals surface area contributed by atoms with E-state index >= 15 is 0 Å². The number of carboxylic acids is 1. The van der Waals surface area contributed by atoms with Crippen molar-refractivity contribution in [2.45, 2.75) is 57.6 Å². The summed E-state index contributed by atoms with van der Waals surface area (Å²) in [5, 5.41) is 11.9. The molecule has 5 heteroatoms. The van der Waals surface area contributed by atoms with E-state index in [1.54, 1.807) is 13.8 Å². The second-order valence-electron chi connectivity index (χ2n) is 4.53. The Labute approximate surface area is 102 Å². The third kappa shape index (κ3) is 3.43. The minimum Gasteiger partial charge on any atom is -0.480 e. The van der Waals surface area contributed by atoms with E-state index in [1.807, 2.05) is 0 Å². The van der Waals surface area contributed by atoms with Crippen LogP contribution in [0, 0.1) is 0 Å². The molecule has 98 valence electrons. The van der Waals surface area contributed by atoms with Crippen molar-refractivity contribution in [3.8, 4) is 0 Å². The number of rotatable bonds is 5. The molecule has 1 saturated carbocycles. The van der Waals surface area contributed by atoms with Gasteiger partial charge in [-0.25, -0.2) is 4.79 Å². The Morgan fingerprint density at radius 3 is 2.41 bits per heavy atom. The first-order valence-corrected chi connectivity index (χ1v) is 6.19. The molecule has 0 saturated heterocycles. The highest BCUT2D eigenvalue weighted by Crippen LogP contribution is 2.28. The molecule has 2 N–H and O–H groups in total. The average molecular weight is 243 g/mol. The maximum Gasteiger partial charge on any atom is 0.329 e. The summed E-state index contributed by atoms with van der Waals surface area (Å²) >= 11 is 0. The molecule has 0 aromatic rings. The Hall–Kier alpha value is -1.10. The Balaban J connectivity index is 2.66. The van der Waals surface area contributed by atoms with Crippen molar-refractivity contribution >= 4 is 11.9 Å². The average Bonchev–Trinajstić information content (AvgIpc) is 2.30. The van der Waals surface area contributed by atoms with Crippen molar-refractivity contribution in [1.82, 2.24) is 5.32 Å². The van der Waals surface area contributed by atoms with Crippen molar-refractivity contribution in [3.63, 3.8) is 0 Å². The van der Waals surface area contributed by atoms with Gasteiger partial charge in [0.25, 0.3) is 0 Å². The number of hydrogen-bond acceptors (Lipinski definition) is 3. The fourth-order valence-electron chi connectivity index (χ4n) is 2.21. The fraction of sp³-hybridized carbons (Fsp3) is 0.833. The van der Waals surface area contributed by atoms with Crippen molar-refractivity contribution < 1.29 is 19.4 Å². The lowest BCUT2D eigenvalue weighted by Gasteiger charge is -2.34. The van der Waals surface area contributed by atoms with Crippen molar-refractivity contribution in [2.24, 2.45) is 0 Å². The van der Waals surface area contributed by atoms with Crippen LogP contribution in [0.25, 0.3) is 0 Å². The van der Waals surface area contributed by atoms with Crippen molar-refractivity contribution in [1.29, 1.82) is 0 Å². The van der Waals surface area contributed by atoms with Gasteiger partial charge in [-0.3, -0.25) is 4.79 Å². The largest absolute Gasteiger partial charge is 0.480 e. The highest BCUT2D eigenvalue weighted by Gasteiger charge is 2.41. The van der Waals surface area contributed by atoms with E-state index in [9.17, 15) is 14.7 Å². The Morgan fingerprint density at radius 2 is 1.94 bits per heavy atom. The first-order chi connectivity index (χ1) is 8.02. The highest BCUT2D eigenvalue weighted by molar-refractivity contribution is 5.89. The highest BCUT2D eigenvalue weighted by atomic mass is 16.5. The van der Waals surface area contributed by atoms with Gasteiger partial charge in [0.1, 0.15) is 11.6 Å². The van der Waals surface area contributed by atoms with Crippen LogP contribution in [0.4, 0.5) is 0 Å². The molecule has 1 aliphatic carbocycles. The molecule has 1 unspecified atom stereocenters. The topological polar surface area (TPSA) is 75.6 Å². The van der Waals surface area contributed by atoms with Gasteiger partial charge in [0.2, 0.25) is 5.91 Å². The van der Waals surface area contributed by atoms with E-state index < -0.39 is 17.6 Å². The van der Waals surface area contributed by atoms with E-state index in [-0.39, 0.29) is 5.91 Å². The van der Waals surface area contributed by atoms with E-state index in [4.69, 9.17) is 4.74 Å². The van der Waals surface area contributed by atoms with Gasteiger partial charge < -0.3 is 15.2 Å². The van der Waals surface area contributed by atoms with Crippen LogP contribution in [0.3, 0.4) is 0 Å². The lowest BCUT2D eigenvalue weighted by atomic mass is 9.81. The van der Waals surface area contributed by atoms with Crippen LogP contribution >= 0.6 is 0 Å². The number of carbonyl (C=O) groups is 2. The third-order valence-electron chi connectivity index (χ3n) is 3.26. The van der Waals surface area contributed by atoms with Crippen LogP contribution in [-0.2, 0) is 14.3 Å². The second-order valence-corrected chi connectivity index (χ2v) is 4.53. The summed E-state index contributed by atoms with van der Waals surface area (Å²) in [4.78, 5) is 23.1. The third-order valence-corrected chi connectivity index (χ3v) is 3.26. The van der Waals surface area contributed by atoms with Gasteiger partial charge in [0.15, 0.2) is 0 Å². The molecule has 0 radical (unpaired) electrons. The van der Waals surface area contributed by atoms with Crippen molar-refractivity contribution in [2.75, 3.05) is 6.61 Å². The zero-order valence-corrected chi connectivity index (χ0v) is 10.5. The van der Waals surface area contributed by atoms with Crippen LogP contribution in [0.5, 0.6) is 0 Å². The summed E-state index contributed by atoms with van der Waals surface area (Å²) in [6.07, 6.45) is 3.13. The van der Waals surface area contributed by atoms with Gasteiger partial charge in [0, 0.05) is 6.61 Å². The summed E-state index contributed by atoms with van der Waals surface area (Å²) in [6, 6.07) is 0. The molecular weight excluding hydrogens is 222 g/mol. The zero-order chi connectivity index (χ0) is 12.9. The quantitative estimate of drug-likeness (QED) is 0.763. The van der Waals surface area contributed by atoms with Gasteiger partial charge in [-0.05, 0) is 26.7 Å². The molecule has 17 heavy (non-hydrogen) atoms. The van der Waals surface area contributed by atoms with Gasteiger partial charge in [-0.15, -0.1) is 0 Å². The van der Waals surface area contributed by atoms with E-state index in [0.29, 0.717) is 19.4 Å². The summed E-state index contributed by atoms with van der Waals surface area (Å²) in [5.41, 5.74) is -1.08. The lowest BCUT2D eigenvalue weighted by Crippen LogP contribution is -2.57. The van der Waals surface area contributed by atoms with Crippen molar-refractivity contribution in [3.05, 3.63) is 0 Å².